The quantitative estimate of drug-likeness (QED) is 0.612. The minimum Gasteiger partial charge on any atom is -0.295 e. The number of carbonyl (C=O) groups excluding carboxylic acids is 1. The largest absolute Gasteiger partial charge is 0.295 e. The van der Waals surface area contributed by atoms with E-state index in [0.29, 0.717) is 11.7 Å². The van der Waals surface area contributed by atoms with E-state index in [1.54, 1.807) is 5.57 Å². The van der Waals surface area contributed by atoms with Crippen molar-refractivity contribution in [2.24, 2.45) is 34.5 Å². The molecule has 6 atom stereocenters. The van der Waals surface area contributed by atoms with E-state index in [9.17, 15) is 4.79 Å². The Morgan fingerprint density at radius 2 is 2.04 bits per heavy atom. The average molecular weight is 376 g/mol. The number of carbonyl (C=O) groups is 1. The number of hydrogen-bond donors (Lipinski definition) is 0. The zero-order valence-corrected chi connectivity index (χ0v) is 17.6. The van der Waals surface area contributed by atoms with E-state index in [1.807, 2.05) is 6.20 Å². The lowest BCUT2D eigenvalue weighted by molar-refractivity contribution is -0.117. The van der Waals surface area contributed by atoms with Gasteiger partial charge in [0, 0.05) is 18.8 Å². The molecule has 0 saturated heterocycles. The van der Waals surface area contributed by atoms with E-state index in [1.165, 1.54) is 43.2 Å². The molecule has 2 heteroatoms. The maximum Gasteiger partial charge on any atom is 0.155 e. The molecule has 5 rings (SSSR count). The van der Waals surface area contributed by atoms with E-state index in [0.717, 1.165) is 30.6 Å². The molecule has 2 fully saturated rings. The van der Waals surface area contributed by atoms with Gasteiger partial charge in [-0.25, -0.2) is 0 Å². The van der Waals surface area contributed by atoms with Crippen molar-refractivity contribution in [2.75, 3.05) is 0 Å². The van der Waals surface area contributed by atoms with Crippen molar-refractivity contribution >= 4 is 11.4 Å². The lowest BCUT2D eigenvalue weighted by atomic mass is 9.45. The molecule has 0 radical (unpaired) electrons. The zero-order chi connectivity index (χ0) is 19.5. The molecule has 0 spiro atoms. The maximum atomic E-state index is 12.2. The first-order valence-corrected chi connectivity index (χ1v) is 11.3. The number of nitrogens with zero attached hydrogens (tertiary/aromatic N) is 1. The summed E-state index contributed by atoms with van der Waals surface area (Å²) in [6.45, 7) is 7.35. The van der Waals surface area contributed by atoms with Gasteiger partial charge < -0.3 is 0 Å². The molecule has 1 unspecified atom stereocenters. The first-order chi connectivity index (χ1) is 13.5. The summed E-state index contributed by atoms with van der Waals surface area (Å²) in [5, 5.41) is 0. The fourth-order valence-electron chi connectivity index (χ4n) is 7.71. The maximum absolute atomic E-state index is 12.2. The minimum atomic E-state index is 0.246. The van der Waals surface area contributed by atoms with Crippen molar-refractivity contribution in [1.82, 2.24) is 4.98 Å². The molecule has 0 aliphatic heterocycles. The van der Waals surface area contributed by atoms with Crippen LogP contribution in [0.4, 0.5) is 0 Å². The molecular weight excluding hydrogens is 342 g/mol. The third kappa shape index (κ3) is 2.46. The van der Waals surface area contributed by atoms with Crippen LogP contribution in [0.15, 0.2) is 42.3 Å². The second kappa shape index (κ2) is 6.40. The van der Waals surface area contributed by atoms with E-state index in [4.69, 9.17) is 0 Å². The monoisotopic (exact) mass is 375 g/mol. The fraction of sp³-hybridized carbons (Fsp3) is 0.615. The molecule has 2 nitrogen and oxygen atoms in total. The second-order valence-electron chi connectivity index (χ2n) is 10.3. The van der Waals surface area contributed by atoms with E-state index in [-0.39, 0.29) is 10.8 Å². The van der Waals surface area contributed by atoms with Crippen LogP contribution in [0.2, 0.25) is 0 Å². The Labute approximate surface area is 169 Å². The number of hydrogen-bond acceptors (Lipinski definition) is 2. The Bertz CT molecular complexity index is 852. The molecular formula is C26H33NO. The summed E-state index contributed by atoms with van der Waals surface area (Å²) in [6.07, 6.45) is 16.6. The summed E-state index contributed by atoms with van der Waals surface area (Å²) in [5.41, 5.74) is 4.90. The van der Waals surface area contributed by atoms with Gasteiger partial charge in [0.2, 0.25) is 0 Å². The summed E-state index contributed by atoms with van der Waals surface area (Å²) in [6, 6.07) is 4.31. The van der Waals surface area contributed by atoms with Crippen LogP contribution in [0.3, 0.4) is 0 Å². The normalized spacial score (nSPS) is 42.2. The smallest absolute Gasteiger partial charge is 0.155 e. The second-order valence-corrected chi connectivity index (χ2v) is 10.3. The minimum absolute atomic E-state index is 0.246. The Balaban J connectivity index is 1.52. The predicted octanol–water partition coefficient (Wildman–Crippen LogP) is 6.24. The molecule has 1 heterocycles. The van der Waals surface area contributed by atoms with Gasteiger partial charge in [-0.05, 0) is 96.3 Å². The molecule has 28 heavy (non-hydrogen) atoms. The number of pyridine rings is 1. The lowest BCUT2D eigenvalue weighted by Gasteiger charge is -2.59. The van der Waals surface area contributed by atoms with Gasteiger partial charge in [0.1, 0.15) is 0 Å². The van der Waals surface area contributed by atoms with Crippen molar-refractivity contribution < 1.29 is 4.79 Å². The third-order valence-electron chi connectivity index (χ3n) is 9.16. The van der Waals surface area contributed by atoms with Gasteiger partial charge in [-0.3, -0.25) is 9.78 Å². The Morgan fingerprint density at radius 3 is 2.79 bits per heavy atom. The Kier molecular flexibility index (Phi) is 4.19. The highest BCUT2D eigenvalue weighted by atomic mass is 16.1. The first kappa shape index (κ1) is 18.3. The van der Waals surface area contributed by atoms with Gasteiger partial charge in [-0.2, -0.15) is 0 Å². The standard InChI is InChI=1S/C26H33NO/c1-4-17-14-20-22-8-7-21(18-6-5-13-27-16-18)25(22,2)12-10-23(20)26(3)11-9-19(28)15-24(17)26/h5-7,13,15-17,20,22-23H,4,8-12,14H2,1-3H3/t17?,20-,22-,23-,25+,26+/m0/s1. The summed E-state index contributed by atoms with van der Waals surface area (Å²) in [5.74, 6) is 3.23. The molecule has 0 aromatic carbocycles. The van der Waals surface area contributed by atoms with Crippen LogP contribution in [0.25, 0.3) is 5.57 Å². The highest BCUT2D eigenvalue weighted by Crippen LogP contribution is 2.67. The number of allylic oxidation sites excluding steroid dienone is 4. The molecule has 0 bridgehead atoms. The fourth-order valence-corrected chi connectivity index (χ4v) is 7.71. The average Bonchev–Trinajstić information content (AvgIpc) is 3.06. The van der Waals surface area contributed by atoms with Crippen LogP contribution in [0, 0.1) is 34.5 Å². The summed E-state index contributed by atoms with van der Waals surface area (Å²) < 4.78 is 0. The topological polar surface area (TPSA) is 30.0 Å². The third-order valence-corrected chi connectivity index (χ3v) is 9.16. The predicted molar refractivity (Wildman–Crippen MR) is 113 cm³/mol. The van der Waals surface area contributed by atoms with Gasteiger partial charge in [-0.1, -0.05) is 38.5 Å². The Morgan fingerprint density at radius 1 is 1.18 bits per heavy atom. The SMILES string of the molecule is CCC1C[C@@H]2[C@H](CC[C@]3(C)C(c4cccnc4)=CC[C@@H]23)[C@@]2(C)CCC(=O)C=C12. The van der Waals surface area contributed by atoms with Crippen molar-refractivity contribution in [3.63, 3.8) is 0 Å². The van der Waals surface area contributed by atoms with Crippen LogP contribution < -0.4 is 0 Å². The molecule has 0 amide bonds. The van der Waals surface area contributed by atoms with Crippen molar-refractivity contribution in [1.29, 1.82) is 0 Å². The number of rotatable bonds is 2. The highest BCUT2D eigenvalue weighted by Gasteiger charge is 2.58. The van der Waals surface area contributed by atoms with E-state index >= 15 is 0 Å². The summed E-state index contributed by atoms with van der Waals surface area (Å²) in [7, 11) is 0. The summed E-state index contributed by atoms with van der Waals surface area (Å²) in [4.78, 5) is 16.6. The molecule has 4 aliphatic rings. The zero-order valence-electron chi connectivity index (χ0n) is 17.6. The van der Waals surface area contributed by atoms with Crippen molar-refractivity contribution in [3.05, 3.63) is 47.8 Å². The first-order valence-electron chi connectivity index (χ1n) is 11.3. The lowest BCUT2D eigenvalue weighted by Crippen LogP contribution is -2.52. The highest BCUT2D eigenvalue weighted by molar-refractivity contribution is 5.91. The molecule has 1 aromatic rings. The van der Waals surface area contributed by atoms with E-state index < -0.39 is 0 Å². The molecule has 1 aromatic heterocycles. The van der Waals surface area contributed by atoms with E-state index in [2.05, 4.69) is 56.2 Å². The van der Waals surface area contributed by atoms with Gasteiger partial charge >= 0.3 is 0 Å². The van der Waals surface area contributed by atoms with Gasteiger partial charge in [0.05, 0.1) is 0 Å². The number of aromatic nitrogens is 1. The molecule has 2 saturated carbocycles. The van der Waals surface area contributed by atoms with Crippen molar-refractivity contribution in [2.45, 2.75) is 65.7 Å². The number of ketones is 1. The van der Waals surface area contributed by atoms with Crippen LogP contribution in [-0.4, -0.2) is 10.8 Å². The van der Waals surface area contributed by atoms with Crippen LogP contribution in [0.5, 0.6) is 0 Å². The molecule has 4 aliphatic carbocycles. The van der Waals surface area contributed by atoms with Gasteiger partial charge in [0.15, 0.2) is 5.78 Å². The summed E-state index contributed by atoms with van der Waals surface area (Å²) >= 11 is 0. The Hall–Kier alpha value is -1.70. The van der Waals surface area contributed by atoms with Crippen LogP contribution in [0.1, 0.15) is 71.3 Å². The van der Waals surface area contributed by atoms with Crippen LogP contribution >= 0.6 is 0 Å². The number of fused-ring (bicyclic) bond motifs is 5. The van der Waals surface area contributed by atoms with Crippen LogP contribution in [-0.2, 0) is 4.79 Å². The van der Waals surface area contributed by atoms with Crippen molar-refractivity contribution in [3.8, 4) is 0 Å². The van der Waals surface area contributed by atoms with Gasteiger partial charge in [-0.15, -0.1) is 0 Å². The molecule has 0 N–H and O–H groups in total. The van der Waals surface area contributed by atoms with Gasteiger partial charge in [0.25, 0.3) is 0 Å². The molecule has 148 valence electrons.